The number of pyridine rings is 2. The highest BCUT2D eigenvalue weighted by molar-refractivity contribution is 6.36. The number of benzene rings is 1. The van der Waals surface area contributed by atoms with Gasteiger partial charge in [0.2, 0.25) is 0 Å². The molecule has 0 saturated carbocycles. The van der Waals surface area contributed by atoms with E-state index in [4.69, 9.17) is 16.3 Å². The Hall–Kier alpha value is -3.32. The number of nitrogens with one attached hydrogen (secondary N) is 2. The zero-order valence-corrected chi connectivity index (χ0v) is 19.2. The predicted molar refractivity (Wildman–Crippen MR) is 128 cm³/mol. The highest BCUT2D eigenvalue weighted by atomic mass is 35.5. The van der Waals surface area contributed by atoms with Crippen molar-refractivity contribution in [2.75, 3.05) is 7.11 Å². The van der Waals surface area contributed by atoms with Crippen molar-refractivity contribution >= 4 is 39.4 Å². The second kappa shape index (κ2) is 8.67. The first-order valence-corrected chi connectivity index (χ1v) is 11.0. The Kier molecular flexibility index (Phi) is 5.93. The average molecular weight is 453 g/mol. The summed E-state index contributed by atoms with van der Waals surface area (Å²) in [6.07, 6.45) is 4.32. The van der Waals surface area contributed by atoms with Crippen LogP contribution in [0, 0.1) is 0 Å². The van der Waals surface area contributed by atoms with Crippen molar-refractivity contribution in [2.45, 2.75) is 39.8 Å². The first-order valence-electron chi connectivity index (χ1n) is 10.6. The fourth-order valence-corrected chi connectivity index (χ4v) is 4.15. The van der Waals surface area contributed by atoms with E-state index in [1.807, 2.05) is 26.8 Å². The lowest BCUT2D eigenvalue weighted by atomic mass is 10.0. The second-order valence-corrected chi connectivity index (χ2v) is 8.11. The molecule has 1 atom stereocenters. The average Bonchev–Trinajstić information content (AvgIpc) is 3.28. The summed E-state index contributed by atoms with van der Waals surface area (Å²) in [6.45, 7) is 6.30. The molecule has 32 heavy (non-hydrogen) atoms. The summed E-state index contributed by atoms with van der Waals surface area (Å²) in [5, 5.41) is 4.81. The number of aryl methyl sites for hydroxylation is 1. The normalized spacial score (nSPS) is 12.3. The van der Waals surface area contributed by atoms with Gasteiger partial charge in [-0.15, -0.1) is 0 Å². The Balaban J connectivity index is 1.99. The van der Waals surface area contributed by atoms with Gasteiger partial charge in [0.25, 0.3) is 11.5 Å². The van der Waals surface area contributed by atoms with Crippen LogP contribution in [0.1, 0.15) is 37.6 Å². The van der Waals surface area contributed by atoms with Crippen LogP contribution in [0.15, 0.2) is 41.5 Å². The van der Waals surface area contributed by atoms with Crippen LogP contribution in [-0.4, -0.2) is 33.6 Å². The van der Waals surface area contributed by atoms with Gasteiger partial charge in [-0.05, 0) is 44.5 Å². The van der Waals surface area contributed by atoms with Crippen LogP contribution in [0.4, 0.5) is 0 Å². The topological polar surface area (TPSA) is 89.0 Å². The fourth-order valence-electron chi connectivity index (χ4n) is 3.86. The largest absolute Gasteiger partial charge is 0.497 e. The third kappa shape index (κ3) is 3.62. The number of ether oxygens (including phenoxy) is 1. The number of hydrogen-bond donors (Lipinski definition) is 2. The molecule has 0 bridgehead atoms. The van der Waals surface area contributed by atoms with Crippen molar-refractivity contribution < 1.29 is 9.53 Å². The maximum Gasteiger partial charge on any atom is 0.258 e. The number of fused-ring (bicyclic) bond motifs is 3. The van der Waals surface area contributed by atoms with Gasteiger partial charge in [-0.1, -0.05) is 18.5 Å². The molecule has 0 aliphatic rings. The van der Waals surface area contributed by atoms with Gasteiger partial charge < -0.3 is 19.6 Å². The van der Waals surface area contributed by atoms with Crippen LogP contribution in [0.3, 0.4) is 0 Å². The van der Waals surface area contributed by atoms with Gasteiger partial charge in [0.05, 0.1) is 23.2 Å². The van der Waals surface area contributed by atoms with E-state index in [-0.39, 0.29) is 28.1 Å². The molecule has 0 spiro atoms. The molecule has 1 unspecified atom stereocenters. The minimum absolute atomic E-state index is 0.0129. The van der Waals surface area contributed by atoms with E-state index in [1.165, 1.54) is 7.11 Å². The number of H-pyrrole nitrogens is 1. The maximum absolute atomic E-state index is 13.6. The third-order valence-corrected chi connectivity index (χ3v) is 6.16. The molecule has 3 aromatic heterocycles. The van der Waals surface area contributed by atoms with Gasteiger partial charge in [-0.2, -0.15) is 0 Å². The van der Waals surface area contributed by atoms with Crippen LogP contribution in [0.5, 0.6) is 5.75 Å². The number of nitrogens with zero attached hydrogens (tertiary/aromatic N) is 2. The highest BCUT2D eigenvalue weighted by Gasteiger charge is 2.21. The number of aromatic nitrogens is 3. The van der Waals surface area contributed by atoms with E-state index in [9.17, 15) is 9.59 Å². The lowest BCUT2D eigenvalue weighted by Crippen LogP contribution is -2.32. The van der Waals surface area contributed by atoms with Crippen molar-refractivity contribution in [3.8, 4) is 16.9 Å². The van der Waals surface area contributed by atoms with Gasteiger partial charge in [0, 0.05) is 46.9 Å². The van der Waals surface area contributed by atoms with Crippen molar-refractivity contribution in [3.05, 3.63) is 57.6 Å². The zero-order chi connectivity index (χ0) is 23.0. The molecule has 0 radical (unpaired) electrons. The van der Waals surface area contributed by atoms with Gasteiger partial charge in [-0.25, -0.2) is 4.98 Å². The summed E-state index contributed by atoms with van der Waals surface area (Å²) in [5.41, 5.74) is 2.43. The minimum atomic E-state index is -0.309. The summed E-state index contributed by atoms with van der Waals surface area (Å²) in [5.74, 6) is 0.136. The third-order valence-electron chi connectivity index (χ3n) is 5.75. The zero-order valence-electron chi connectivity index (χ0n) is 18.5. The molecular weight excluding hydrogens is 428 g/mol. The number of carbonyl (C=O) groups excluding carboxylic acids is 1. The summed E-state index contributed by atoms with van der Waals surface area (Å²) < 4.78 is 7.13. The van der Waals surface area contributed by atoms with Gasteiger partial charge in [0.1, 0.15) is 11.4 Å². The van der Waals surface area contributed by atoms with E-state index in [0.717, 1.165) is 28.4 Å². The molecule has 8 heteroatoms. The standard InChI is InChI=1S/C24H25ClN4O3/c1-5-13(3)28-23(30)19-11-15(32-4)10-17(20(19)25)18-9-14-12-27-22-16(7-8-26-22)21(14)29(6-2)24(18)31/h7-13H,5-6H2,1-4H3,(H,26,27)(H,28,30). The van der Waals surface area contributed by atoms with Crippen molar-refractivity contribution in [1.29, 1.82) is 0 Å². The summed E-state index contributed by atoms with van der Waals surface area (Å²) in [7, 11) is 1.51. The Morgan fingerprint density at radius 1 is 1.28 bits per heavy atom. The molecular formula is C24H25ClN4O3. The molecule has 0 aliphatic heterocycles. The first-order chi connectivity index (χ1) is 15.4. The van der Waals surface area contributed by atoms with Crippen LogP contribution < -0.4 is 15.6 Å². The molecule has 3 heterocycles. The number of methoxy groups -OCH3 is 1. The van der Waals surface area contributed by atoms with Crippen LogP contribution in [0.25, 0.3) is 33.1 Å². The second-order valence-electron chi connectivity index (χ2n) is 7.73. The monoisotopic (exact) mass is 452 g/mol. The van der Waals surface area contributed by atoms with E-state index < -0.39 is 0 Å². The number of rotatable bonds is 6. The molecule has 0 aliphatic carbocycles. The molecule has 166 valence electrons. The molecule has 2 N–H and O–H groups in total. The lowest BCUT2D eigenvalue weighted by molar-refractivity contribution is 0.0939. The number of hydrogen-bond acceptors (Lipinski definition) is 4. The molecule has 0 saturated heterocycles. The smallest absolute Gasteiger partial charge is 0.258 e. The number of carbonyl (C=O) groups is 1. The SMILES string of the molecule is CCC(C)NC(=O)c1cc(OC)cc(-c2cc3cnc4[nH]ccc4c3n(CC)c2=O)c1Cl. The van der Waals surface area contributed by atoms with E-state index in [0.29, 0.717) is 23.4 Å². The Bertz CT molecular complexity index is 1390. The lowest BCUT2D eigenvalue weighted by Gasteiger charge is -2.17. The van der Waals surface area contributed by atoms with E-state index in [1.54, 1.807) is 35.2 Å². The minimum Gasteiger partial charge on any atom is -0.497 e. The number of halogens is 1. The van der Waals surface area contributed by atoms with Gasteiger partial charge in [0.15, 0.2) is 0 Å². The maximum atomic E-state index is 13.6. The molecule has 0 fully saturated rings. The van der Waals surface area contributed by atoms with Crippen molar-refractivity contribution in [2.24, 2.45) is 0 Å². The number of aromatic amines is 1. The molecule has 1 amide bonds. The Labute approximate surface area is 190 Å². The highest BCUT2D eigenvalue weighted by Crippen LogP contribution is 2.35. The van der Waals surface area contributed by atoms with Crippen LogP contribution >= 0.6 is 11.6 Å². The first kappa shape index (κ1) is 21.9. The summed E-state index contributed by atoms with van der Waals surface area (Å²) in [6, 6.07) is 6.95. The van der Waals surface area contributed by atoms with Crippen molar-refractivity contribution in [3.63, 3.8) is 0 Å². The van der Waals surface area contributed by atoms with Crippen LogP contribution in [0.2, 0.25) is 5.02 Å². The Morgan fingerprint density at radius 3 is 2.75 bits per heavy atom. The molecule has 1 aromatic carbocycles. The molecule has 4 aromatic rings. The van der Waals surface area contributed by atoms with E-state index in [2.05, 4.69) is 15.3 Å². The summed E-state index contributed by atoms with van der Waals surface area (Å²) >= 11 is 6.70. The van der Waals surface area contributed by atoms with E-state index >= 15 is 0 Å². The van der Waals surface area contributed by atoms with Gasteiger partial charge >= 0.3 is 0 Å². The quantitative estimate of drug-likeness (QED) is 0.441. The van der Waals surface area contributed by atoms with Crippen molar-refractivity contribution in [1.82, 2.24) is 19.9 Å². The summed E-state index contributed by atoms with van der Waals surface area (Å²) in [4.78, 5) is 34.0. The van der Waals surface area contributed by atoms with Crippen LogP contribution in [-0.2, 0) is 6.54 Å². The predicted octanol–water partition coefficient (Wildman–Crippen LogP) is 4.76. The fraction of sp³-hybridized carbons (Fsp3) is 0.292. The van der Waals surface area contributed by atoms with Gasteiger partial charge in [-0.3, -0.25) is 9.59 Å². The molecule has 7 nitrogen and oxygen atoms in total. The Morgan fingerprint density at radius 2 is 2.06 bits per heavy atom. The molecule has 4 rings (SSSR count). The number of amides is 1.